The Morgan fingerprint density at radius 2 is 1.78 bits per heavy atom. The Kier molecular flexibility index (Phi) is 6.31. The van der Waals surface area contributed by atoms with Gasteiger partial charge in [-0.15, -0.1) is 10.2 Å². The normalized spacial score (nSPS) is 10.6. The van der Waals surface area contributed by atoms with Crippen LogP contribution in [0, 0.1) is 0 Å². The topological polar surface area (TPSA) is 84.4 Å². The van der Waals surface area contributed by atoms with Crippen molar-refractivity contribution in [2.24, 2.45) is 0 Å². The summed E-state index contributed by atoms with van der Waals surface area (Å²) in [6.07, 6.45) is 0. The summed E-state index contributed by atoms with van der Waals surface area (Å²) in [6, 6.07) is 12.9. The van der Waals surface area contributed by atoms with Crippen LogP contribution in [0.2, 0.25) is 5.02 Å². The van der Waals surface area contributed by atoms with Crippen LogP contribution in [0.25, 0.3) is 0 Å². The molecular formula is C18H19ClN4O3S. The van der Waals surface area contributed by atoms with Crippen LogP contribution < -0.4 is 20.1 Å². The van der Waals surface area contributed by atoms with Crippen LogP contribution in [0.3, 0.4) is 0 Å². The number of thioether (sulfide) groups is 1. The predicted molar refractivity (Wildman–Crippen MR) is 105 cm³/mol. The fourth-order valence-electron chi connectivity index (χ4n) is 2.26. The summed E-state index contributed by atoms with van der Waals surface area (Å²) in [6.45, 7) is 0.195. The van der Waals surface area contributed by atoms with Crippen molar-refractivity contribution in [3.63, 3.8) is 0 Å². The maximum Gasteiger partial charge on any atom is 0.210 e. The molecule has 3 aromatic rings. The number of nitrogen functional groups attached to an aromatic ring is 1. The first-order chi connectivity index (χ1) is 13.1. The molecule has 0 saturated carbocycles. The van der Waals surface area contributed by atoms with Crippen LogP contribution in [0.15, 0.2) is 47.6 Å². The van der Waals surface area contributed by atoms with E-state index in [9.17, 15) is 0 Å². The molecule has 27 heavy (non-hydrogen) atoms. The fourth-order valence-corrected chi connectivity index (χ4v) is 3.45. The van der Waals surface area contributed by atoms with E-state index >= 15 is 0 Å². The average molecular weight is 407 g/mol. The lowest BCUT2D eigenvalue weighted by atomic mass is 10.2. The Hall–Kier alpha value is -2.58. The molecule has 0 bridgehead atoms. The van der Waals surface area contributed by atoms with Gasteiger partial charge in [-0.05, 0) is 29.8 Å². The van der Waals surface area contributed by atoms with E-state index in [0.717, 1.165) is 5.56 Å². The summed E-state index contributed by atoms with van der Waals surface area (Å²) in [5.41, 5.74) is 0.958. The van der Waals surface area contributed by atoms with Crippen molar-refractivity contribution in [2.75, 3.05) is 20.1 Å². The molecule has 0 atom stereocenters. The van der Waals surface area contributed by atoms with Crippen molar-refractivity contribution in [3.8, 4) is 17.2 Å². The molecule has 0 unspecified atom stereocenters. The molecule has 0 amide bonds. The lowest BCUT2D eigenvalue weighted by molar-refractivity contribution is 0.289. The first-order valence-corrected chi connectivity index (χ1v) is 9.38. The first-order valence-electron chi connectivity index (χ1n) is 8.02. The highest BCUT2D eigenvalue weighted by molar-refractivity contribution is 7.98. The first kappa shape index (κ1) is 19.2. The predicted octanol–water partition coefficient (Wildman–Crippen LogP) is 3.53. The third-order valence-corrected chi connectivity index (χ3v) is 5.11. The number of halogens is 1. The molecule has 1 heterocycles. The van der Waals surface area contributed by atoms with E-state index in [0.29, 0.717) is 39.0 Å². The molecule has 0 fully saturated rings. The van der Waals surface area contributed by atoms with Gasteiger partial charge in [0.2, 0.25) is 5.16 Å². The molecule has 3 rings (SSSR count). The molecule has 2 N–H and O–H groups in total. The Bertz CT molecular complexity index is 919. The number of rotatable bonds is 8. The third kappa shape index (κ3) is 4.78. The van der Waals surface area contributed by atoms with Gasteiger partial charge in [0, 0.05) is 16.8 Å². The third-order valence-electron chi connectivity index (χ3n) is 3.76. The number of aromatic nitrogens is 3. The van der Waals surface area contributed by atoms with Gasteiger partial charge in [-0.1, -0.05) is 35.5 Å². The van der Waals surface area contributed by atoms with Crippen molar-refractivity contribution < 1.29 is 14.2 Å². The van der Waals surface area contributed by atoms with Crippen LogP contribution in [-0.2, 0) is 12.4 Å². The quantitative estimate of drug-likeness (QED) is 0.452. The molecule has 0 spiro atoms. The second-order valence-electron chi connectivity index (χ2n) is 5.48. The van der Waals surface area contributed by atoms with Crippen LogP contribution in [0.1, 0.15) is 11.4 Å². The molecule has 0 aliphatic heterocycles. The van der Waals surface area contributed by atoms with Crippen molar-refractivity contribution in [2.45, 2.75) is 17.5 Å². The second kappa shape index (κ2) is 8.88. The van der Waals surface area contributed by atoms with Gasteiger partial charge < -0.3 is 20.1 Å². The van der Waals surface area contributed by atoms with Crippen molar-refractivity contribution in [3.05, 3.63) is 58.9 Å². The SMILES string of the molecule is COc1cccc(OCc2nnc(SCc3ccc(OC)cc3Cl)n2N)c1. The van der Waals surface area contributed by atoms with Crippen molar-refractivity contribution in [1.29, 1.82) is 0 Å². The number of hydrogen-bond acceptors (Lipinski definition) is 7. The molecule has 7 nitrogen and oxygen atoms in total. The van der Waals surface area contributed by atoms with E-state index in [-0.39, 0.29) is 6.61 Å². The van der Waals surface area contributed by atoms with Crippen LogP contribution in [0.5, 0.6) is 17.2 Å². The largest absolute Gasteiger partial charge is 0.497 e. The fraction of sp³-hybridized carbons (Fsp3) is 0.222. The van der Waals surface area contributed by atoms with Gasteiger partial charge in [-0.2, -0.15) is 0 Å². The van der Waals surface area contributed by atoms with E-state index in [4.69, 9.17) is 31.7 Å². The number of ether oxygens (including phenoxy) is 3. The minimum atomic E-state index is 0.195. The minimum absolute atomic E-state index is 0.195. The maximum absolute atomic E-state index is 6.26. The summed E-state index contributed by atoms with van der Waals surface area (Å²) in [5.74, 6) is 9.30. The Morgan fingerprint density at radius 1 is 1.04 bits per heavy atom. The number of hydrogen-bond donors (Lipinski definition) is 1. The van der Waals surface area contributed by atoms with Crippen molar-refractivity contribution in [1.82, 2.24) is 14.9 Å². The van der Waals surface area contributed by atoms with Crippen LogP contribution >= 0.6 is 23.4 Å². The number of benzene rings is 2. The smallest absolute Gasteiger partial charge is 0.210 e. The summed E-state index contributed by atoms with van der Waals surface area (Å²) < 4.78 is 17.5. The Labute approximate surface area is 166 Å². The van der Waals surface area contributed by atoms with Gasteiger partial charge in [-0.3, -0.25) is 0 Å². The van der Waals surface area contributed by atoms with E-state index in [1.165, 1.54) is 16.4 Å². The van der Waals surface area contributed by atoms with Gasteiger partial charge in [0.1, 0.15) is 23.9 Å². The molecule has 1 aromatic heterocycles. The van der Waals surface area contributed by atoms with Gasteiger partial charge in [0.15, 0.2) is 5.82 Å². The molecule has 2 aromatic carbocycles. The highest BCUT2D eigenvalue weighted by Crippen LogP contribution is 2.28. The highest BCUT2D eigenvalue weighted by atomic mass is 35.5. The highest BCUT2D eigenvalue weighted by Gasteiger charge is 2.12. The standard InChI is InChI=1S/C18H19ClN4O3S/c1-24-13-4-3-5-15(8-13)26-10-17-21-22-18(23(17)20)27-11-12-6-7-14(25-2)9-16(12)19/h3-9H,10-11,20H2,1-2H3. The summed E-state index contributed by atoms with van der Waals surface area (Å²) in [7, 11) is 3.21. The molecule has 0 radical (unpaired) electrons. The van der Waals surface area contributed by atoms with E-state index in [2.05, 4.69) is 10.2 Å². The average Bonchev–Trinajstić information content (AvgIpc) is 3.05. The maximum atomic E-state index is 6.26. The van der Waals surface area contributed by atoms with E-state index < -0.39 is 0 Å². The van der Waals surface area contributed by atoms with E-state index in [1.807, 2.05) is 30.3 Å². The lowest BCUT2D eigenvalue weighted by Crippen LogP contribution is -2.15. The van der Waals surface area contributed by atoms with E-state index in [1.54, 1.807) is 26.4 Å². The van der Waals surface area contributed by atoms with Gasteiger partial charge >= 0.3 is 0 Å². The zero-order valence-electron chi connectivity index (χ0n) is 14.9. The molecule has 0 saturated heterocycles. The lowest BCUT2D eigenvalue weighted by Gasteiger charge is -2.08. The molecule has 0 aliphatic rings. The Balaban J connectivity index is 1.61. The number of nitrogens with two attached hydrogens (primary N) is 1. The molecular weight excluding hydrogens is 388 g/mol. The van der Waals surface area contributed by atoms with Crippen molar-refractivity contribution >= 4 is 23.4 Å². The summed E-state index contributed by atoms with van der Waals surface area (Å²) >= 11 is 7.70. The van der Waals surface area contributed by atoms with Gasteiger partial charge in [0.05, 0.1) is 14.2 Å². The zero-order chi connectivity index (χ0) is 19.2. The molecule has 0 aliphatic carbocycles. The molecule has 9 heteroatoms. The van der Waals surface area contributed by atoms with Gasteiger partial charge in [0.25, 0.3) is 0 Å². The summed E-state index contributed by atoms with van der Waals surface area (Å²) in [5, 5.41) is 9.42. The number of nitrogens with zero attached hydrogens (tertiary/aromatic N) is 3. The monoisotopic (exact) mass is 406 g/mol. The molecule has 142 valence electrons. The van der Waals surface area contributed by atoms with Crippen LogP contribution in [0.4, 0.5) is 0 Å². The second-order valence-corrected chi connectivity index (χ2v) is 6.83. The summed E-state index contributed by atoms with van der Waals surface area (Å²) in [4.78, 5) is 0. The van der Waals surface area contributed by atoms with Crippen LogP contribution in [-0.4, -0.2) is 29.1 Å². The minimum Gasteiger partial charge on any atom is -0.497 e. The Morgan fingerprint density at radius 3 is 2.52 bits per heavy atom. The number of methoxy groups -OCH3 is 2. The zero-order valence-corrected chi connectivity index (χ0v) is 16.5. The van der Waals surface area contributed by atoms with Gasteiger partial charge in [-0.25, -0.2) is 4.68 Å².